The van der Waals surface area contributed by atoms with Gasteiger partial charge < -0.3 is 0 Å². The van der Waals surface area contributed by atoms with E-state index in [1.54, 1.807) is 0 Å². The highest BCUT2D eigenvalue weighted by Gasteiger charge is 2.03. The summed E-state index contributed by atoms with van der Waals surface area (Å²) in [5.41, 5.74) is 0. The van der Waals surface area contributed by atoms with Crippen LogP contribution < -0.4 is 0 Å². The molecule has 0 N–H and O–H groups in total. The predicted molar refractivity (Wildman–Crippen MR) is 61.9 cm³/mol. The molecule has 0 unspecified atom stereocenters. The van der Waals surface area contributed by atoms with Crippen molar-refractivity contribution in [3.05, 3.63) is 34.5 Å². The Balaban J connectivity index is 2.64. The highest BCUT2D eigenvalue weighted by Crippen LogP contribution is 2.33. The largest absolute Gasteiger partial charge is 0.144 e. The summed E-state index contributed by atoms with van der Waals surface area (Å²) in [6, 6.07) is 8.95. The zero-order valence-corrected chi connectivity index (χ0v) is 8.84. The standard InChI is InChI=1S/C11H8S2/c1-7-6-9-8-4-5-12-10(8)2-3-11(9)13-7/h2-6H,1H3. The van der Waals surface area contributed by atoms with Crippen molar-refractivity contribution >= 4 is 42.8 Å². The second-order valence-electron chi connectivity index (χ2n) is 3.17. The first-order chi connectivity index (χ1) is 6.34. The van der Waals surface area contributed by atoms with Crippen molar-refractivity contribution in [1.82, 2.24) is 0 Å². The molecule has 0 aliphatic carbocycles. The molecule has 0 nitrogen and oxygen atoms in total. The third-order valence-corrected chi connectivity index (χ3v) is 4.15. The molecular formula is C11H8S2. The van der Waals surface area contributed by atoms with Crippen molar-refractivity contribution in [2.45, 2.75) is 6.92 Å². The minimum Gasteiger partial charge on any atom is -0.144 e. The second-order valence-corrected chi connectivity index (χ2v) is 5.40. The molecule has 0 saturated heterocycles. The second kappa shape index (κ2) is 2.56. The first-order valence-corrected chi connectivity index (χ1v) is 5.90. The zero-order valence-electron chi connectivity index (χ0n) is 7.20. The molecule has 3 rings (SSSR count). The lowest BCUT2D eigenvalue weighted by Crippen LogP contribution is -1.63. The van der Waals surface area contributed by atoms with Crippen molar-refractivity contribution in [3.8, 4) is 0 Å². The average molecular weight is 204 g/mol. The van der Waals surface area contributed by atoms with Gasteiger partial charge in [-0.15, -0.1) is 22.7 Å². The van der Waals surface area contributed by atoms with Crippen LogP contribution in [-0.2, 0) is 0 Å². The quantitative estimate of drug-likeness (QED) is 0.508. The Kier molecular flexibility index (Phi) is 1.49. The minimum absolute atomic E-state index is 1.39. The van der Waals surface area contributed by atoms with Crippen LogP contribution >= 0.6 is 22.7 Å². The van der Waals surface area contributed by atoms with Crippen molar-refractivity contribution < 1.29 is 0 Å². The Hall–Kier alpha value is -0.860. The lowest BCUT2D eigenvalue weighted by atomic mass is 10.2. The summed E-state index contributed by atoms with van der Waals surface area (Å²) in [4.78, 5) is 1.40. The molecule has 2 aromatic heterocycles. The van der Waals surface area contributed by atoms with E-state index < -0.39 is 0 Å². The number of hydrogen-bond acceptors (Lipinski definition) is 2. The van der Waals surface area contributed by atoms with Gasteiger partial charge in [-0.1, -0.05) is 0 Å². The summed E-state index contributed by atoms with van der Waals surface area (Å²) in [6.45, 7) is 2.17. The predicted octanol–water partition coefficient (Wildman–Crippen LogP) is 4.42. The summed E-state index contributed by atoms with van der Waals surface area (Å²) in [5.74, 6) is 0. The first kappa shape index (κ1) is 7.54. The molecule has 3 aromatic rings. The van der Waals surface area contributed by atoms with E-state index in [2.05, 4.69) is 36.6 Å². The number of aryl methyl sites for hydroxylation is 1. The maximum Gasteiger partial charge on any atom is 0.0352 e. The van der Waals surface area contributed by atoms with E-state index in [1.807, 2.05) is 22.7 Å². The van der Waals surface area contributed by atoms with Crippen LogP contribution in [0.5, 0.6) is 0 Å². The fraction of sp³-hybridized carbons (Fsp3) is 0.0909. The van der Waals surface area contributed by atoms with Crippen LogP contribution in [0.25, 0.3) is 20.2 Å². The molecule has 0 atom stereocenters. The first-order valence-electron chi connectivity index (χ1n) is 4.21. The van der Waals surface area contributed by atoms with Crippen LogP contribution in [0.15, 0.2) is 29.6 Å². The number of thiophene rings is 2. The van der Waals surface area contributed by atoms with Gasteiger partial charge in [-0.3, -0.25) is 0 Å². The number of rotatable bonds is 0. The molecule has 13 heavy (non-hydrogen) atoms. The fourth-order valence-electron chi connectivity index (χ4n) is 1.69. The average Bonchev–Trinajstić information content (AvgIpc) is 2.65. The van der Waals surface area contributed by atoms with Gasteiger partial charge in [-0.05, 0) is 36.6 Å². The highest BCUT2D eigenvalue weighted by atomic mass is 32.1. The van der Waals surface area contributed by atoms with Gasteiger partial charge in [0.15, 0.2) is 0 Å². The molecule has 0 aliphatic rings. The molecule has 0 aliphatic heterocycles. The normalized spacial score (nSPS) is 11.5. The van der Waals surface area contributed by atoms with Crippen molar-refractivity contribution in [3.63, 3.8) is 0 Å². The smallest absolute Gasteiger partial charge is 0.0352 e. The minimum atomic E-state index is 1.39. The van der Waals surface area contributed by atoms with Crippen LogP contribution in [0.4, 0.5) is 0 Å². The highest BCUT2D eigenvalue weighted by molar-refractivity contribution is 7.20. The van der Waals surface area contributed by atoms with Gasteiger partial charge >= 0.3 is 0 Å². The summed E-state index contributed by atoms with van der Waals surface area (Å²) in [5, 5.41) is 4.99. The van der Waals surface area contributed by atoms with Crippen LogP contribution in [0, 0.1) is 6.92 Å². The van der Waals surface area contributed by atoms with Gasteiger partial charge in [-0.2, -0.15) is 0 Å². The van der Waals surface area contributed by atoms with E-state index in [-0.39, 0.29) is 0 Å². The SMILES string of the molecule is Cc1cc2c(ccc3sccc32)s1. The molecule has 2 heteroatoms. The van der Waals surface area contributed by atoms with Crippen LogP contribution in [0.1, 0.15) is 4.88 Å². The monoisotopic (exact) mass is 204 g/mol. The Bertz CT molecular complexity index is 572. The van der Waals surface area contributed by atoms with Crippen LogP contribution in [-0.4, -0.2) is 0 Å². The fourth-order valence-corrected chi connectivity index (χ4v) is 3.43. The Morgan fingerprint density at radius 1 is 1.00 bits per heavy atom. The molecule has 2 heterocycles. The maximum absolute atomic E-state index is 2.29. The van der Waals surface area contributed by atoms with Crippen LogP contribution in [0.3, 0.4) is 0 Å². The Morgan fingerprint density at radius 2 is 1.85 bits per heavy atom. The van der Waals surface area contributed by atoms with Gasteiger partial charge in [0.05, 0.1) is 0 Å². The molecule has 0 amide bonds. The molecule has 0 radical (unpaired) electrons. The van der Waals surface area contributed by atoms with E-state index in [4.69, 9.17) is 0 Å². The van der Waals surface area contributed by atoms with E-state index >= 15 is 0 Å². The molecule has 64 valence electrons. The van der Waals surface area contributed by atoms with Crippen molar-refractivity contribution in [1.29, 1.82) is 0 Å². The van der Waals surface area contributed by atoms with Gasteiger partial charge in [0.25, 0.3) is 0 Å². The Labute approximate surface area is 84.4 Å². The molecule has 0 spiro atoms. The van der Waals surface area contributed by atoms with Gasteiger partial charge in [-0.25, -0.2) is 0 Å². The zero-order chi connectivity index (χ0) is 8.84. The van der Waals surface area contributed by atoms with E-state index in [1.165, 1.54) is 25.0 Å². The summed E-state index contributed by atoms with van der Waals surface area (Å²) in [7, 11) is 0. The molecule has 0 saturated carbocycles. The van der Waals surface area contributed by atoms with Gasteiger partial charge in [0, 0.05) is 25.0 Å². The van der Waals surface area contributed by atoms with Gasteiger partial charge in [0.2, 0.25) is 0 Å². The molecular weight excluding hydrogens is 196 g/mol. The lowest BCUT2D eigenvalue weighted by molar-refractivity contribution is 1.66. The van der Waals surface area contributed by atoms with Crippen molar-refractivity contribution in [2.75, 3.05) is 0 Å². The van der Waals surface area contributed by atoms with E-state index in [0.717, 1.165) is 0 Å². The topological polar surface area (TPSA) is 0 Å². The van der Waals surface area contributed by atoms with E-state index in [0.29, 0.717) is 0 Å². The number of benzene rings is 1. The molecule has 1 aromatic carbocycles. The van der Waals surface area contributed by atoms with Crippen LogP contribution in [0.2, 0.25) is 0 Å². The molecule has 0 fully saturated rings. The van der Waals surface area contributed by atoms with E-state index in [9.17, 15) is 0 Å². The molecule has 0 bridgehead atoms. The summed E-state index contributed by atoms with van der Waals surface area (Å²) < 4.78 is 2.80. The van der Waals surface area contributed by atoms with Gasteiger partial charge in [0.1, 0.15) is 0 Å². The van der Waals surface area contributed by atoms with Crippen molar-refractivity contribution in [2.24, 2.45) is 0 Å². The third kappa shape index (κ3) is 1.02. The number of fused-ring (bicyclic) bond motifs is 3. The summed E-state index contributed by atoms with van der Waals surface area (Å²) in [6.07, 6.45) is 0. The Morgan fingerprint density at radius 3 is 2.77 bits per heavy atom. The summed E-state index contributed by atoms with van der Waals surface area (Å²) >= 11 is 3.69. The number of hydrogen-bond donors (Lipinski definition) is 0. The maximum atomic E-state index is 2.29. The lowest BCUT2D eigenvalue weighted by Gasteiger charge is -1.90. The third-order valence-electron chi connectivity index (χ3n) is 2.26.